The van der Waals surface area contributed by atoms with Crippen molar-refractivity contribution in [3.05, 3.63) is 0 Å². The summed E-state index contributed by atoms with van der Waals surface area (Å²) in [6.45, 7) is 4.93. The molecule has 0 spiro atoms. The molecule has 2 aliphatic rings. The highest BCUT2D eigenvalue weighted by atomic mass is 16.5. The van der Waals surface area contributed by atoms with E-state index in [9.17, 15) is 0 Å². The van der Waals surface area contributed by atoms with E-state index in [1.807, 2.05) is 0 Å². The normalized spacial score (nSPS) is 25.0. The number of nitrogens with one attached hydrogen (secondary N) is 2. The van der Waals surface area contributed by atoms with Crippen LogP contribution in [0, 0.1) is 0 Å². The van der Waals surface area contributed by atoms with Gasteiger partial charge in [-0.1, -0.05) is 13.3 Å². The number of rotatable bonds is 6. The zero-order valence-electron chi connectivity index (χ0n) is 10.9. The Labute approximate surface area is 104 Å². The Bertz CT molecular complexity index is 245. The van der Waals surface area contributed by atoms with Gasteiger partial charge < -0.3 is 15.4 Å². The van der Waals surface area contributed by atoms with Crippen molar-refractivity contribution in [1.29, 1.82) is 0 Å². The Kier molecular flexibility index (Phi) is 5.10. The molecule has 0 aromatic carbocycles. The van der Waals surface area contributed by atoms with Crippen LogP contribution in [0.5, 0.6) is 0 Å². The average Bonchev–Trinajstić information content (AvgIpc) is 2.99. The van der Waals surface area contributed by atoms with Gasteiger partial charge >= 0.3 is 0 Å². The molecule has 1 atom stereocenters. The number of ether oxygens (including phenoxy) is 1. The maximum Gasteiger partial charge on any atom is 0.191 e. The first-order valence-electron chi connectivity index (χ1n) is 7.05. The summed E-state index contributed by atoms with van der Waals surface area (Å²) in [6, 6.07) is 0.660. The summed E-state index contributed by atoms with van der Waals surface area (Å²) in [7, 11) is 0. The minimum absolute atomic E-state index is 0.346. The number of nitrogens with zero attached hydrogens (tertiary/aromatic N) is 1. The van der Waals surface area contributed by atoms with E-state index in [1.165, 1.54) is 32.1 Å². The fraction of sp³-hybridized carbons (Fsp3) is 0.923. The molecule has 2 rings (SSSR count). The van der Waals surface area contributed by atoms with Gasteiger partial charge in [-0.05, 0) is 32.1 Å². The predicted molar refractivity (Wildman–Crippen MR) is 70.3 cm³/mol. The number of unbranched alkanes of at least 4 members (excludes halogenated alkanes) is 1. The van der Waals surface area contributed by atoms with Crippen molar-refractivity contribution < 1.29 is 4.74 Å². The molecule has 4 heteroatoms. The van der Waals surface area contributed by atoms with Gasteiger partial charge in [0.1, 0.15) is 0 Å². The SMILES string of the molecule is CCCCNC(=NCC1CCCO1)NC1CC1. The topological polar surface area (TPSA) is 45.7 Å². The number of aliphatic imine (C=N–C) groups is 1. The highest BCUT2D eigenvalue weighted by Crippen LogP contribution is 2.18. The molecule has 1 aliphatic heterocycles. The van der Waals surface area contributed by atoms with Crippen molar-refractivity contribution in [2.75, 3.05) is 19.7 Å². The van der Waals surface area contributed by atoms with Gasteiger partial charge in [-0.2, -0.15) is 0 Å². The first kappa shape index (κ1) is 12.7. The summed E-state index contributed by atoms with van der Waals surface area (Å²) in [5.41, 5.74) is 0. The molecular formula is C13H25N3O. The first-order valence-corrected chi connectivity index (χ1v) is 7.05. The molecule has 0 bridgehead atoms. The zero-order chi connectivity index (χ0) is 11.9. The van der Waals surface area contributed by atoms with Crippen molar-refractivity contribution >= 4 is 5.96 Å². The van der Waals surface area contributed by atoms with Gasteiger partial charge in [-0.25, -0.2) is 0 Å². The number of hydrogen-bond acceptors (Lipinski definition) is 2. The number of guanidine groups is 1. The molecule has 17 heavy (non-hydrogen) atoms. The third-order valence-corrected chi connectivity index (χ3v) is 3.22. The van der Waals surface area contributed by atoms with Crippen LogP contribution in [-0.2, 0) is 4.74 Å². The summed E-state index contributed by atoms with van der Waals surface area (Å²) in [6.07, 6.45) is 7.69. The Morgan fingerprint density at radius 3 is 2.88 bits per heavy atom. The van der Waals surface area contributed by atoms with E-state index in [0.717, 1.165) is 32.1 Å². The quantitative estimate of drug-likeness (QED) is 0.421. The van der Waals surface area contributed by atoms with Gasteiger partial charge in [0.05, 0.1) is 12.6 Å². The summed E-state index contributed by atoms with van der Waals surface area (Å²) in [5, 5.41) is 6.86. The molecule has 0 aromatic rings. The third-order valence-electron chi connectivity index (χ3n) is 3.22. The van der Waals surface area contributed by atoms with Crippen molar-refractivity contribution in [2.45, 2.75) is 57.6 Å². The van der Waals surface area contributed by atoms with Gasteiger partial charge in [0.15, 0.2) is 5.96 Å². The summed E-state index contributed by atoms with van der Waals surface area (Å²) >= 11 is 0. The highest BCUT2D eigenvalue weighted by molar-refractivity contribution is 5.80. The van der Waals surface area contributed by atoms with Gasteiger partial charge in [0.2, 0.25) is 0 Å². The van der Waals surface area contributed by atoms with Gasteiger partial charge in [-0.15, -0.1) is 0 Å². The van der Waals surface area contributed by atoms with Gasteiger partial charge in [0.25, 0.3) is 0 Å². The molecule has 1 saturated carbocycles. The van der Waals surface area contributed by atoms with E-state index in [4.69, 9.17) is 4.74 Å². The molecule has 0 aromatic heterocycles. The van der Waals surface area contributed by atoms with E-state index in [0.29, 0.717) is 12.1 Å². The third kappa shape index (κ3) is 4.94. The standard InChI is InChI=1S/C13H25N3O/c1-2-3-8-14-13(16-11-6-7-11)15-10-12-5-4-9-17-12/h11-12H,2-10H2,1H3,(H2,14,15,16). The maximum absolute atomic E-state index is 5.59. The van der Waals surface area contributed by atoms with Crippen LogP contribution >= 0.6 is 0 Å². The smallest absolute Gasteiger partial charge is 0.191 e. The Morgan fingerprint density at radius 2 is 2.24 bits per heavy atom. The maximum atomic E-state index is 5.59. The highest BCUT2D eigenvalue weighted by Gasteiger charge is 2.22. The average molecular weight is 239 g/mol. The van der Waals surface area contributed by atoms with E-state index in [1.54, 1.807) is 0 Å². The van der Waals surface area contributed by atoms with Crippen LogP contribution in [0.4, 0.5) is 0 Å². The lowest BCUT2D eigenvalue weighted by molar-refractivity contribution is 0.117. The Balaban J connectivity index is 1.72. The van der Waals surface area contributed by atoms with Gasteiger partial charge in [-0.3, -0.25) is 4.99 Å². The molecule has 1 heterocycles. The monoisotopic (exact) mass is 239 g/mol. The lowest BCUT2D eigenvalue weighted by Gasteiger charge is -2.13. The molecule has 1 aliphatic carbocycles. The molecule has 1 saturated heterocycles. The van der Waals surface area contributed by atoms with E-state index < -0.39 is 0 Å². The van der Waals surface area contributed by atoms with Crippen LogP contribution in [0.25, 0.3) is 0 Å². The summed E-state index contributed by atoms with van der Waals surface area (Å²) in [5.74, 6) is 0.983. The fourth-order valence-corrected chi connectivity index (χ4v) is 1.94. The fourth-order valence-electron chi connectivity index (χ4n) is 1.94. The minimum Gasteiger partial charge on any atom is -0.376 e. The minimum atomic E-state index is 0.346. The molecule has 2 fully saturated rings. The van der Waals surface area contributed by atoms with Crippen LogP contribution in [0.15, 0.2) is 4.99 Å². The Morgan fingerprint density at radius 1 is 1.35 bits per heavy atom. The van der Waals surface area contributed by atoms with Crippen molar-refractivity contribution in [1.82, 2.24) is 10.6 Å². The van der Waals surface area contributed by atoms with Crippen LogP contribution in [0.2, 0.25) is 0 Å². The molecule has 2 N–H and O–H groups in total. The predicted octanol–water partition coefficient (Wildman–Crippen LogP) is 1.66. The molecule has 0 amide bonds. The van der Waals surface area contributed by atoms with Crippen molar-refractivity contribution in [3.63, 3.8) is 0 Å². The summed E-state index contributed by atoms with van der Waals surface area (Å²) in [4.78, 5) is 4.63. The lowest BCUT2D eigenvalue weighted by Crippen LogP contribution is -2.39. The van der Waals surface area contributed by atoms with E-state index in [-0.39, 0.29) is 0 Å². The summed E-state index contributed by atoms with van der Waals surface area (Å²) < 4.78 is 5.59. The second kappa shape index (κ2) is 6.84. The van der Waals surface area contributed by atoms with Crippen LogP contribution in [0.1, 0.15) is 45.4 Å². The molecule has 4 nitrogen and oxygen atoms in total. The second-order valence-electron chi connectivity index (χ2n) is 5.02. The zero-order valence-corrected chi connectivity index (χ0v) is 10.9. The Hall–Kier alpha value is -0.770. The van der Waals surface area contributed by atoms with Crippen LogP contribution < -0.4 is 10.6 Å². The van der Waals surface area contributed by atoms with Gasteiger partial charge in [0, 0.05) is 19.2 Å². The van der Waals surface area contributed by atoms with Crippen molar-refractivity contribution in [3.8, 4) is 0 Å². The first-order chi connectivity index (χ1) is 8.38. The van der Waals surface area contributed by atoms with E-state index >= 15 is 0 Å². The lowest BCUT2D eigenvalue weighted by atomic mass is 10.2. The van der Waals surface area contributed by atoms with Crippen molar-refractivity contribution in [2.24, 2.45) is 4.99 Å². The molecule has 1 unspecified atom stereocenters. The molecule has 98 valence electrons. The molecule has 0 radical (unpaired) electrons. The van der Waals surface area contributed by atoms with Crippen LogP contribution in [-0.4, -0.2) is 37.8 Å². The second-order valence-corrected chi connectivity index (χ2v) is 5.02. The van der Waals surface area contributed by atoms with Crippen LogP contribution in [0.3, 0.4) is 0 Å². The molecular weight excluding hydrogens is 214 g/mol. The van der Waals surface area contributed by atoms with E-state index in [2.05, 4.69) is 22.5 Å². The number of hydrogen-bond donors (Lipinski definition) is 2. The largest absolute Gasteiger partial charge is 0.376 e.